The molecule has 2 aromatic carbocycles. The third-order valence-electron chi connectivity index (χ3n) is 4.15. The van der Waals surface area contributed by atoms with E-state index in [-0.39, 0.29) is 5.70 Å². The predicted octanol–water partition coefficient (Wildman–Crippen LogP) is 4.05. The number of ether oxygens (including phenoxy) is 2. The lowest BCUT2D eigenvalue weighted by Gasteiger charge is -2.12. The van der Waals surface area contributed by atoms with E-state index in [0.717, 1.165) is 18.4 Å². The van der Waals surface area contributed by atoms with Gasteiger partial charge >= 0.3 is 0 Å². The van der Waals surface area contributed by atoms with Crippen molar-refractivity contribution >= 4 is 29.5 Å². The lowest BCUT2D eigenvalue weighted by Crippen LogP contribution is -2.36. The summed E-state index contributed by atoms with van der Waals surface area (Å²) in [6.07, 6.45) is 3.62. The smallest absolute Gasteiger partial charge is 0.267 e. The summed E-state index contributed by atoms with van der Waals surface area (Å²) in [5.74, 6) is -0.0960. The molecule has 30 heavy (non-hydrogen) atoms. The lowest BCUT2D eigenvalue weighted by molar-refractivity contribution is -0.117. The molecular weight excluding hydrogens is 404 g/mol. The molecule has 0 saturated carbocycles. The van der Waals surface area contributed by atoms with Crippen molar-refractivity contribution in [2.45, 2.75) is 19.8 Å². The SMILES string of the molecule is CCCCOc1ccc(C(=O)N/C(=C\c2ccc(Cl)cc2)C(=O)NCCOC)cc1. The molecule has 0 aliphatic carbocycles. The van der Waals surface area contributed by atoms with Crippen LogP contribution >= 0.6 is 11.6 Å². The zero-order valence-electron chi connectivity index (χ0n) is 17.2. The fraction of sp³-hybridized carbons (Fsp3) is 0.304. The molecule has 2 aromatic rings. The molecule has 0 saturated heterocycles. The van der Waals surface area contributed by atoms with Crippen LogP contribution in [0.25, 0.3) is 6.08 Å². The molecule has 0 heterocycles. The molecule has 0 aromatic heterocycles. The van der Waals surface area contributed by atoms with Crippen LogP contribution in [-0.4, -0.2) is 38.7 Å². The van der Waals surface area contributed by atoms with Crippen molar-refractivity contribution in [2.24, 2.45) is 0 Å². The van der Waals surface area contributed by atoms with E-state index >= 15 is 0 Å². The Bertz CT molecular complexity index is 849. The van der Waals surface area contributed by atoms with Gasteiger partial charge in [-0.15, -0.1) is 0 Å². The number of nitrogens with one attached hydrogen (secondary N) is 2. The van der Waals surface area contributed by atoms with Crippen LogP contribution in [0, 0.1) is 0 Å². The van der Waals surface area contributed by atoms with Gasteiger partial charge in [-0.1, -0.05) is 37.1 Å². The summed E-state index contributed by atoms with van der Waals surface area (Å²) in [5.41, 5.74) is 1.28. The number of carbonyl (C=O) groups excluding carboxylic acids is 2. The number of hydrogen-bond acceptors (Lipinski definition) is 4. The fourth-order valence-electron chi connectivity index (χ4n) is 2.48. The Hall–Kier alpha value is -2.83. The zero-order valence-corrected chi connectivity index (χ0v) is 18.0. The molecule has 6 nitrogen and oxygen atoms in total. The highest BCUT2D eigenvalue weighted by Crippen LogP contribution is 2.15. The van der Waals surface area contributed by atoms with Crippen LogP contribution in [0.1, 0.15) is 35.7 Å². The van der Waals surface area contributed by atoms with Crippen LogP contribution in [0.3, 0.4) is 0 Å². The highest BCUT2D eigenvalue weighted by atomic mass is 35.5. The Balaban J connectivity index is 2.12. The summed E-state index contributed by atoms with van der Waals surface area (Å²) in [4.78, 5) is 25.2. The van der Waals surface area contributed by atoms with E-state index in [1.807, 2.05) is 0 Å². The summed E-state index contributed by atoms with van der Waals surface area (Å²) in [6, 6.07) is 13.8. The highest BCUT2D eigenvalue weighted by Gasteiger charge is 2.14. The summed E-state index contributed by atoms with van der Waals surface area (Å²) >= 11 is 5.92. The number of amides is 2. The Labute approximate surface area is 182 Å². The minimum Gasteiger partial charge on any atom is -0.494 e. The van der Waals surface area contributed by atoms with Gasteiger partial charge in [0, 0.05) is 24.2 Å². The quantitative estimate of drug-likeness (QED) is 0.416. The molecule has 0 atom stereocenters. The highest BCUT2D eigenvalue weighted by molar-refractivity contribution is 6.30. The van der Waals surface area contributed by atoms with Gasteiger partial charge in [-0.2, -0.15) is 0 Å². The first-order chi connectivity index (χ1) is 14.5. The van der Waals surface area contributed by atoms with Crippen molar-refractivity contribution in [1.82, 2.24) is 10.6 Å². The number of benzene rings is 2. The molecule has 0 unspecified atom stereocenters. The summed E-state index contributed by atoms with van der Waals surface area (Å²) in [6.45, 7) is 3.43. The van der Waals surface area contributed by atoms with Gasteiger partial charge in [-0.25, -0.2) is 0 Å². The van der Waals surface area contributed by atoms with Crippen molar-refractivity contribution in [2.75, 3.05) is 26.9 Å². The molecule has 0 fully saturated rings. The molecule has 0 radical (unpaired) electrons. The van der Waals surface area contributed by atoms with E-state index < -0.39 is 11.8 Å². The standard InChI is InChI=1S/C23H27ClN2O4/c1-3-4-14-30-20-11-7-18(8-12-20)22(27)26-21(23(28)25-13-15-29-2)16-17-5-9-19(24)10-6-17/h5-12,16H,3-4,13-15H2,1-2H3,(H,25,28)(H,26,27)/b21-16-. The van der Waals surface area contributed by atoms with Crippen molar-refractivity contribution in [3.63, 3.8) is 0 Å². The molecule has 2 amide bonds. The second-order valence-electron chi connectivity index (χ2n) is 6.54. The van der Waals surface area contributed by atoms with Crippen LogP contribution in [0.5, 0.6) is 5.75 Å². The molecule has 2 rings (SSSR count). The Kier molecular flexibility index (Phi) is 9.91. The molecule has 0 aliphatic rings. The van der Waals surface area contributed by atoms with E-state index in [1.54, 1.807) is 61.7 Å². The van der Waals surface area contributed by atoms with Gasteiger partial charge in [0.1, 0.15) is 11.4 Å². The van der Waals surface area contributed by atoms with Gasteiger partial charge in [0.25, 0.3) is 11.8 Å². The van der Waals surface area contributed by atoms with Gasteiger partial charge in [0.05, 0.1) is 13.2 Å². The molecule has 2 N–H and O–H groups in total. The first-order valence-electron chi connectivity index (χ1n) is 9.82. The first-order valence-corrected chi connectivity index (χ1v) is 10.2. The molecular formula is C23H27ClN2O4. The first kappa shape index (κ1) is 23.4. The number of unbranched alkanes of at least 4 members (excludes halogenated alkanes) is 1. The van der Waals surface area contributed by atoms with Gasteiger partial charge in [0.2, 0.25) is 0 Å². The Morgan fingerprint density at radius 1 is 1.03 bits per heavy atom. The third-order valence-corrected chi connectivity index (χ3v) is 4.40. The monoisotopic (exact) mass is 430 g/mol. The van der Waals surface area contributed by atoms with E-state index in [9.17, 15) is 9.59 Å². The maximum absolute atomic E-state index is 12.7. The molecule has 0 bridgehead atoms. The van der Waals surface area contributed by atoms with Crippen molar-refractivity contribution < 1.29 is 19.1 Å². The summed E-state index contributed by atoms with van der Waals surface area (Å²) < 4.78 is 10.6. The van der Waals surface area contributed by atoms with Crippen LogP contribution in [0.2, 0.25) is 5.02 Å². The van der Waals surface area contributed by atoms with Crippen molar-refractivity contribution in [3.05, 3.63) is 70.4 Å². The number of hydrogen-bond donors (Lipinski definition) is 2. The van der Waals surface area contributed by atoms with Crippen molar-refractivity contribution in [3.8, 4) is 5.75 Å². The van der Waals surface area contributed by atoms with Gasteiger partial charge in [-0.3, -0.25) is 9.59 Å². The maximum atomic E-state index is 12.7. The number of methoxy groups -OCH3 is 1. The third kappa shape index (κ3) is 7.89. The van der Waals surface area contributed by atoms with E-state index in [0.29, 0.717) is 36.1 Å². The van der Waals surface area contributed by atoms with Crippen molar-refractivity contribution in [1.29, 1.82) is 0 Å². The predicted molar refractivity (Wildman–Crippen MR) is 119 cm³/mol. The molecule has 7 heteroatoms. The molecule has 0 aliphatic heterocycles. The average Bonchev–Trinajstić information content (AvgIpc) is 2.75. The Morgan fingerprint density at radius 3 is 2.37 bits per heavy atom. The van der Waals surface area contributed by atoms with Crippen LogP contribution < -0.4 is 15.4 Å². The minimum absolute atomic E-state index is 0.127. The fourth-order valence-corrected chi connectivity index (χ4v) is 2.60. The van der Waals surface area contributed by atoms with Gasteiger partial charge in [-0.05, 0) is 54.5 Å². The second kappa shape index (κ2) is 12.7. The van der Waals surface area contributed by atoms with Gasteiger partial charge in [0.15, 0.2) is 0 Å². The number of halogens is 1. The zero-order chi connectivity index (χ0) is 21.8. The average molecular weight is 431 g/mol. The van der Waals surface area contributed by atoms with Gasteiger partial charge < -0.3 is 20.1 Å². The van der Waals surface area contributed by atoms with Crippen LogP contribution in [-0.2, 0) is 9.53 Å². The number of rotatable bonds is 11. The van der Waals surface area contributed by atoms with E-state index in [4.69, 9.17) is 21.1 Å². The van der Waals surface area contributed by atoms with Crippen LogP contribution in [0.4, 0.5) is 0 Å². The van der Waals surface area contributed by atoms with Crippen LogP contribution in [0.15, 0.2) is 54.2 Å². The molecule has 160 valence electrons. The van der Waals surface area contributed by atoms with E-state index in [1.165, 1.54) is 0 Å². The molecule has 0 spiro atoms. The topological polar surface area (TPSA) is 76.7 Å². The van der Waals surface area contributed by atoms with E-state index in [2.05, 4.69) is 17.6 Å². The second-order valence-corrected chi connectivity index (χ2v) is 6.98. The summed E-state index contributed by atoms with van der Waals surface area (Å²) in [7, 11) is 1.55. The Morgan fingerprint density at radius 2 is 1.73 bits per heavy atom. The minimum atomic E-state index is -0.408. The lowest BCUT2D eigenvalue weighted by atomic mass is 10.1. The summed E-state index contributed by atoms with van der Waals surface area (Å²) in [5, 5.41) is 5.99. The maximum Gasteiger partial charge on any atom is 0.267 e. The normalized spacial score (nSPS) is 11.1. The number of carbonyl (C=O) groups is 2. The largest absolute Gasteiger partial charge is 0.494 e.